The van der Waals surface area contributed by atoms with Gasteiger partial charge in [0.1, 0.15) is 6.10 Å². The van der Waals surface area contributed by atoms with Gasteiger partial charge in [-0.25, -0.2) is 4.79 Å². The van der Waals surface area contributed by atoms with Crippen LogP contribution in [0.1, 0.15) is 46.9 Å². The van der Waals surface area contributed by atoms with E-state index >= 15 is 0 Å². The number of carboxylic acid groups (broad SMARTS) is 1. The third kappa shape index (κ3) is 3.85. The predicted octanol–water partition coefficient (Wildman–Crippen LogP) is 5.00. The zero-order chi connectivity index (χ0) is 16.9. The molecule has 0 aromatic heterocycles. The summed E-state index contributed by atoms with van der Waals surface area (Å²) in [5.41, 5.74) is 2.72. The van der Waals surface area contributed by atoms with Crippen molar-refractivity contribution in [3.05, 3.63) is 83.6 Å². The summed E-state index contributed by atoms with van der Waals surface area (Å²) in [6.07, 6.45) is 4.14. The van der Waals surface area contributed by atoms with Crippen molar-refractivity contribution in [2.75, 3.05) is 0 Å². The quantitative estimate of drug-likeness (QED) is 0.814. The molecule has 0 saturated carbocycles. The third-order valence-corrected chi connectivity index (χ3v) is 4.64. The maximum absolute atomic E-state index is 10.9. The van der Waals surface area contributed by atoms with E-state index < -0.39 is 5.97 Å². The van der Waals surface area contributed by atoms with E-state index in [4.69, 9.17) is 9.84 Å². The van der Waals surface area contributed by atoms with Gasteiger partial charge in [0.05, 0.1) is 11.3 Å². The summed E-state index contributed by atoms with van der Waals surface area (Å²) in [5, 5.41) is 8.92. The van der Waals surface area contributed by atoms with E-state index in [1.807, 2.05) is 30.3 Å². The number of carbonyl (C=O) groups is 1. The molecule has 0 aliphatic carbocycles. The Kier molecular flexibility index (Phi) is 4.99. The van der Waals surface area contributed by atoms with E-state index in [0.29, 0.717) is 11.5 Å². The minimum absolute atomic E-state index is 0.124. The van der Waals surface area contributed by atoms with E-state index in [-0.39, 0.29) is 6.10 Å². The van der Waals surface area contributed by atoms with Crippen molar-refractivity contribution in [3.8, 4) is 0 Å². The minimum Gasteiger partial charge on any atom is -0.490 e. The van der Waals surface area contributed by atoms with Crippen molar-refractivity contribution >= 4 is 5.97 Å². The largest absolute Gasteiger partial charge is 0.490 e. The molecule has 1 saturated heterocycles. The first-order valence-corrected chi connectivity index (χ1v) is 8.36. The highest BCUT2D eigenvalue weighted by Gasteiger charge is 2.30. The number of rotatable bonds is 6. The van der Waals surface area contributed by atoms with Crippen molar-refractivity contribution in [1.29, 1.82) is 0 Å². The fourth-order valence-electron chi connectivity index (χ4n) is 3.23. The Hall–Kier alpha value is -2.55. The Morgan fingerprint density at radius 2 is 1.83 bits per heavy atom. The molecule has 1 aliphatic rings. The highest BCUT2D eigenvalue weighted by atomic mass is 16.5. The van der Waals surface area contributed by atoms with Crippen molar-refractivity contribution in [3.63, 3.8) is 0 Å². The molecule has 3 heteroatoms. The second-order valence-corrected chi connectivity index (χ2v) is 6.31. The molecule has 1 fully saturated rings. The Labute approximate surface area is 142 Å². The molecule has 1 aliphatic heterocycles. The summed E-state index contributed by atoms with van der Waals surface area (Å²) in [6.45, 7) is 4.08. The topological polar surface area (TPSA) is 46.5 Å². The number of hydrogen-bond acceptors (Lipinski definition) is 2. The molecule has 2 aromatic rings. The molecule has 0 spiro atoms. The number of carboxylic acids is 1. The molecule has 2 atom stereocenters. The van der Waals surface area contributed by atoms with Gasteiger partial charge >= 0.3 is 5.97 Å². The van der Waals surface area contributed by atoms with Gasteiger partial charge in [-0.05, 0) is 48.9 Å². The molecule has 0 bridgehead atoms. The summed E-state index contributed by atoms with van der Waals surface area (Å²) in [6, 6.07) is 17.4. The number of ether oxygens (including phenoxy) is 1. The molecule has 24 heavy (non-hydrogen) atoms. The number of benzene rings is 2. The molecule has 3 rings (SSSR count). The number of allylic oxidation sites excluding steroid dienone is 1. The van der Waals surface area contributed by atoms with Gasteiger partial charge < -0.3 is 9.84 Å². The molecule has 1 heterocycles. The van der Waals surface area contributed by atoms with Crippen LogP contribution in [0.4, 0.5) is 0 Å². The molecule has 0 amide bonds. The zero-order valence-corrected chi connectivity index (χ0v) is 13.7. The summed E-state index contributed by atoms with van der Waals surface area (Å²) in [7, 11) is 0. The molecule has 0 radical (unpaired) electrons. The Bertz CT molecular complexity index is 704. The smallest absolute Gasteiger partial charge is 0.335 e. The van der Waals surface area contributed by atoms with Crippen LogP contribution in [0.2, 0.25) is 0 Å². The van der Waals surface area contributed by atoms with Crippen molar-refractivity contribution in [1.82, 2.24) is 0 Å². The van der Waals surface area contributed by atoms with E-state index in [0.717, 1.165) is 31.4 Å². The standard InChI is InChI=1S/C21H22O3/c1-15-19(14-20(24-15)17-7-3-2-4-8-17)9-5-6-16-10-12-18(13-11-16)21(22)23/h2-4,7-8,10-13,19-20H,1,5-6,9,14H2,(H,22,23)/t19?,20-/m0/s1. The lowest BCUT2D eigenvalue weighted by molar-refractivity contribution is 0.0697. The van der Waals surface area contributed by atoms with Gasteiger partial charge in [0.2, 0.25) is 0 Å². The van der Waals surface area contributed by atoms with Crippen LogP contribution in [0.3, 0.4) is 0 Å². The fraction of sp³-hybridized carbons (Fsp3) is 0.286. The number of aromatic carboxylic acids is 1. The maximum Gasteiger partial charge on any atom is 0.335 e. The second kappa shape index (κ2) is 7.35. The first kappa shape index (κ1) is 16.3. The van der Waals surface area contributed by atoms with Gasteiger partial charge in [0.15, 0.2) is 0 Å². The Morgan fingerprint density at radius 3 is 2.50 bits per heavy atom. The van der Waals surface area contributed by atoms with Crippen molar-refractivity contribution in [2.24, 2.45) is 5.92 Å². The summed E-state index contributed by atoms with van der Waals surface area (Å²) in [5.74, 6) is 0.409. The monoisotopic (exact) mass is 322 g/mol. The fourth-order valence-corrected chi connectivity index (χ4v) is 3.23. The molecule has 124 valence electrons. The molecule has 2 aromatic carbocycles. The predicted molar refractivity (Wildman–Crippen MR) is 93.9 cm³/mol. The SMILES string of the molecule is C=C1O[C@H](c2ccccc2)CC1CCCc1ccc(C(=O)O)cc1. The molecule has 1 N–H and O–H groups in total. The van der Waals surface area contributed by atoms with Gasteiger partial charge in [-0.3, -0.25) is 0 Å². The van der Waals surface area contributed by atoms with E-state index in [1.165, 1.54) is 11.1 Å². The lowest BCUT2D eigenvalue weighted by Gasteiger charge is -2.09. The third-order valence-electron chi connectivity index (χ3n) is 4.64. The van der Waals surface area contributed by atoms with E-state index in [1.54, 1.807) is 12.1 Å². The van der Waals surface area contributed by atoms with Crippen LogP contribution < -0.4 is 0 Å². The van der Waals surface area contributed by atoms with Gasteiger partial charge in [0.25, 0.3) is 0 Å². The van der Waals surface area contributed by atoms with Gasteiger partial charge in [0, 0.05) is 5.92 Å². The molecular formula is C21H22O3. The van der Waals surface area contributed by atoms with Crippen molar-refractivity contribution < 1.29 is 14.6 Å². The van der Waals surface area contributed by atoms with Crippen LogP contribution in [0.5, 0.6) is 0 Å². The molecule has 3 nitrogen and oxygen atoms in total. The Balaban J connectivity index is 1.50. The normalized spacial score (nSPS) is 19.9. The summed E-state index contributed by atoms with van der Waals surface area (Å²) in [4.78, 5) is 10.9. The summed E-state index contributed by atoms with van der Waals surface area (Å²) >= 11 is 0. The van der Waals surface area contributed by atoms with E-state index in [2.05, 4.69) is 18.7 Å². The van der Waals surface area contributed by atoms with Crippen LogP contribution in [-0.4, -0.2) is 11.1 Å². The van der Waals surface area contributed by atoms with Gasteiger partial charge in [-0.2, -0.15) is 0 Å². The van der Waals surface area contributed by atoms with Crippen LogP contribution in [0.15, 0.2) is 66.9 Å². The highest BCUT2D eigenvalue weighted by Crippen LogP contribution is 2.40. The first-order valence-electron chi connectivity index (χ1n) is 8.36. The zero-order valence-electron chi connectivity index (χ0n) is 13.7. The first-order chi connectivity index (χ1) is 11.6. The van der Waals surface area contributed by atoms with Gasteiger partial charge in [-0.15, -0.1) is 0 Å². The van der Waals surface area contributed by atoms with Crippen LogP contribution in [0, 0.1) is 5.92 Å². The second-order valence-electron chi connectivity index (χ2n) is 6.31. The molecular weight excluding hydrogens is 300 g/mol. The maximum atomic E-state index is 10.9. The molecule has 1 unspecified atom stereocenters. The summed E-state index contributed by atoms with van der Waals surface area (Å²) < 4.78 is 5.95. The van der Waals surface area contributed by atoms with Crippen LogP contribution in [-0.2, 0) is 11.2 Å². The average Bonchev–Trinajstić information content (AvgIpc) is 2.97. The van der Waals surface area contributed by atoms with E-state index in [9.17, 15) is 4.79 Å². The lowest BCUT2D eigenvalue weighted by Crippen LogP contribution is -1.99. The van der Waals surface area contributed by atoms with Gasteiger partial charge in [-0.1, -0.05) is 49.0 Å². The minimum atomic E-state index is -0.882. The average molecular weight is 322 g/mol. The number of aryl methyl sites for hydroxylation is 1. The van der Waals surface area contributed by atoms with Crippen LogP contribution >= 0.6 is 0 Å². The Morgan fingerprint density at radius 1 is 1.12 bits per heavy atom. The van der Waals surface area contributed by atoms with Crippen LogP contribution in [0.25, 0.3) is 0 Å². The number of hydrogen-bond donors (Lipinski definition) is 1. The highest BCUT2D eigenvalue weighted by molar-refractivity contribution is 5.87. The van der Waals surface area contributed by atoms with Crippen molar-refractivity contribution in [2.45, 2.75) is 31.8 Å². The lowest BCUT2D eigenvalue weighted by atomic mass is 9.93.